The highest BCUT2D eigenvalue weighted by molar-refractivity contribution is 9.10. The van der Waals surface area contributed by atoms with E-state index in [0.29, 0.717) is 4.47 Å². The lowest BCUT2D eigenvalue weighted by molar-refractivity contribution is 0.501. The van der Waals surface area contributed by atoms with Crippen molar-refractivity contribution in [3.8, 4) is 0 Å². The van der Waals surface area contributed by atoms with Crippen LogP contribution in [0.15, 0.2) is 35.1 Å². The van der Waals surface area contributed by atoms with E-state index in [9.17, 15) is 4.39 Å². The minimum Gasteiger partial charge on any atom is -0.338 e. The Morgan fingerprint density at radius 2 is 2.25 bits per heavy atom. The van der Waals surface area contributed by atoms with Gasteiger partial charge in [0, 0.05) is 31.9 Å². The van der Waals surface area contributed by atoms with Crippen LogP contribution >= 0.6 is 15.9 Å². The number of nitrogens with one attached hydrogen (secondary N) is 1. The molecule has 0 aliphatic heterocycles. The lowest BCUT2D eigenvalue weighted by atomic mass is 10.0. The number of hydrogen-bond acceptors (Lipinski definition) is 2. The molecule has 1 unspecified atom stereocenters. The molecule has 0 bridgehead atoms. The molecule has 0 fully saturated rings. The SMILES string of the molecule is CCNC(CCc1nccn1C)c1ccc(Br)c(F)c1. The van der Waals surface area contributed by atoms with Gasteiger partial charge in [-0.05, 0) is 46.6 Å². The molecule has 2 rings (SSSR count). The molecule has 1 aromatic carbocycles. The number of benzene rings is 1. The second-order valence-electron chi connectivity index (χ2n) is 4.78. The maximum atomic E-state index is 13.7. The summed E-state index contributed by atoms with van der Waals surface area (Å²) in [5.74, 6) is 0.827. The zero-order valence-electron chi connectivity index (χ0n) is 11.7. The van der Waals surface area contributed by atoms with Crippen LogP contribution in [0.4, 0.5) is 4.39 Å². The number of rotatable bonds is 6. The molecule has 1 N–H and O–H groups in total. The van der Waals surface area contributed by atoms with Crippen LogP contribution in [0, 0.1) is 5.82 Å². The third-order valence-corrected chi connectivity index (χ3v) is 4.02. The highest BCUT2D eigenvalue weighted by Crippen LogP contribution is 2.23. The van der Waals surface area contributed by atoms with Crippen LogP contribution in [-0.4, -0.2) is 16.1 Å². The summed E-state index contributed by atoms with van der Waals surface area (Å²) in [6.45, 7) is 2.91. The Labute approximate surface area is 127 Å². The zero-order valence-corrected chi connectivity index (χ0v) is 13.3. The van der Waals surface area contributed by atoms with Gasteiger partial charge in [0.1, 0.15) is 11.6 Å². The van der Waals surface area contributed by atoms with Crippen molar-refractivity contribution < 1.29 is 4.39 Å². The van der Waals surface area contributed by atoms with Gasteiger partial charge in [0.25, 0.3) is 0 Å². The summed E-state index contributed by atoms with van der Waals surface area (Å²) in [4.78, 5) is 4.33. The van der Waals surface area contributed by atoms with Crippen LogP contribution in [-0.2, 0) is 13.5 Å². The molecule has 0 saturated heterocycles. The van der Waals surface area contributed by atoms with Gasteiger partial charge in [0.2, 0.25) is 0 Å². The molecule has 108 valence electrons. The van der Waals surface area contributed by atoms with Crippen molar-refractivity contribution in [2.24, 2.45) is 7.05 Å². The predicted molar refractivity (Wildman–Crippen MR) is 82.0 cm³/mol. The van der Waals surface area contributed by atoms with Crippen molar-refractivity contribution in [2.75, 3.05) is 6.54 Å². The fourth-order valence-electron chi connectivity index (χ4n) is 2.27. The summed E-state index contributed by atoms with van der Waals surface area (Å²) in [7, 11) is 1.99. The highest BCUT2D eigenvalue weighted by atomic mass is 79.9. The van der Waals surface area contributed by atoms with E-state index in [0.717, 1.165) is 30.8 Å². The van der Waals surface area contributed by atoms with Gasteiger partial charge in [-0.1, -0.05) is 13.0 Å². The predicted octanol–water partition coefficient (Wildman–Crippen LogP) is 3.61. The van der Waals surface area contributed by atoms with Crippen molar-refractivity contribution >= 4 is 15.9 Å². The van der Waals surface area contributed by atoms with E-state index in [-0.39, 0.29) is 11.9 Å². The Balaban J connectivity index is 2.10. The Morgan fingerprint density at radius 3 is 2.85 bits per heavy atom. The molecule has 0 amide bonds. The third-order valence-electron chi connectivity index (χ3n) is 3.37. The van der Waals surface area contributed by atoms with Gasteiger partial charge in [0.05, 0.1) is 4.47 Å². The average Bonchev–Trinajstić information content (AvgIpc) is 2.83. The molecule has 1 aromatic heterocycles. The van der Waals surface area contributed by atoms with E-state index in [1.54, 1.807) is 18.3 Å². The van der Waals surface area contributed by atoms with Gasteiger partial charge in [-0.25, -0.2) is 9.37 Å². The number of halogens is 2. The molecule has 20 heavy (non-hydrogen) atoms. The number of imidazole rings is 1. The van der Waals surface area contributed by atoms with E-state index in [1.165, 1.54) is 0 Å². The van der Waals surface area contributed by atoms with E-state index >= 15 is 0 Å². The van der Waals surface area contributed by atoms with E-state index in [4.69, 9.17) is 0 Å². The molecular formula is C15H19BrFN3. The van der Waals surface area contributed by atoms with Gasteiger partial charge >= 0.3 is 0 Å². The molecule has 1 atom stereocenters. The highest BCUT2D eigenvalue weighted by Gasteiger charge is 2.13. The summed E-state index contributed by atoms with van der Waals surface area (Å²) >= 11 is 3.19. The Kier molecular flexibility index (Phi) is 5.31. The summed E-state index contributed by atoms with van der Waals surface area (Å²) in [5, 5.41) is 3.41. The van der Waals surface area contributed by atoms with Crippen molar-refractivity contribution in [3.05, 3.63) is 52.3 Å². The minimum atomic E-state index is -0.220. The van der Waals surface area contributed by atoms with Crippen LogP contribution in [0.2, 0.25) is 0 Å². The fourth-order valence-corrected chi connectivity index (χ4v) is 2.52. The molecule has 1 heterocycles. The van der Waals surface area contributed by atoms with Gasteiger partial charge in [0.15, 0.2) is 0 Å². The molecule has 0 radical (unpaired) electrons. The normalized spacial score (nSPS) is 12.6. The molecule has 5 heteroatoms. The Hall–Kier alpha value is -1.20. The molecule has 0 aliphatic carbocycles. The van der Waals surface area contributed by atoms with Crippen molar-refractivity contribution in [3.63, 3.8) is 0 Å². The summed E-state index contributed by atoms with van der Waals surface area (Å²) in [5.41, 5.74) is 0.974. The Bertz CT molecular complexity index is 568. The molecule has 3 nitrogen and oxygen atoms in total. The molecule has 2 aromatic rings. The van der Waals surface area contributed by atoms with Crippen molar-refractivity contribution in [1.82, 2.24) is 14.9 Å². The quantitative estimate of drug-likeness (QED) is 0.871. The lowest BCUT2D eigenvalue weighted by Gasteiger charge is -2.18. The van der Waals surface area contributed by atoms with Crippen LogP contribution in [0.3, 0.4) is 0 Å². The maximum Gasteiger partial charge on any atom is 0.137 e. The number of nitrogens with zero attached hydrogens (tertiary/aromatic N) is 2. The third kappa shape index (κ3) is 3.67. The standard InChI is InChI=1S/C15H19BrFN3/c1-3-18-14(6-7-15-19-8-9-20(15)2)11-4-5-12(16)13(17)10-11/h4-5,8-10,14,18H,3,6-7H2,1-2H3. The van der Waals surface area contributed by atoms with Crippen molar-refractivity contribution in [1.29, 1.82) is 0 Å². The topological polar surface area (TPSA) is 29.9 Å². The average molecular weight is 340 g/mol. The number of aromatic nitrogens is 2. The van der Waals surface area contributed by atoms with E-state index < -0.39 is 0 Å². The maximum absolute atomic E-state index is 13.7. The monoisotopic (exact) mass is 339 g/mol. The summed E-state index contributed by atoms with van der Waals surface area (Å²) in [6, 6.07) is 5.45. The zero-order chi connectivity index (χ0) is 14.5. The van der Waals surface area contributed by atoms with E-state index in [2.05, 4.69) is 33.2 Å². The lowest BCUT2D eigenvalue weighted by Crippen LogP contribution is -2.22. The Morgan fingerprint density at radius 1 is 1.45 bits per heavy atom. The van der Waals surface area contributed by atoms with Gasteiger partial charge < -0.3 is 9.88 Å². The molecule has 0 saturated carbocycles. The van der Waals surface area contributed by atoms with Gasteiger partial charge in [-0.2, -0.15) is 0 Å². The largest absolute Gasteiger partial charge is 0.338 e. The second-order valence-corrected chi connectivity index (χ2v) is 5.63. The first-order valence-electron chi connectivity index (χ1n) is 6.76. The van der Waals surface area contributed by atoms with Crippen LogP contribution in [0.25, 0.3) is 0 Å². The van der Waals surface area contributed by atoms with Gasteiger partial charge in [-0.3, -0.25) is 0 Å². The van der Waals surface area contributed by atoms with Gasteiger partial charge in [-0.15, -0.1) is 0 Å². The van der Waals surface area contributed by atoms with Crippen LogP contribution < -0.4 is 5.32 Å². The number of hydrogen-bond donors (Lipinski definition) is 1. The van der Waals surface area contributed by atoms with Crippen LogP contribution in [0.1, 0.15) is 30.8 Å². The van der Waals surface area contributed by atoms with Crippen LogP contribution in [0.5, 0.6) is 0 Å². The minimum absolute atomic E-state index is 0.138. The second kappa shape index (κ2) is 6.99. The first-order chi connectivity index (χ1) is 9.61. The molecular weight excluding hydrogens is 321 g/mol. The fraction of sp³-hybridized carbons (Fsp3) is 0.400. The number of aryl methyl sites for hydroxylation is 2. The smallest absolute Gasteiger partial charge is 0.137 e. The molecule has 0 spiro atoms. The van der Waals surface area contributed by atoms with E-state index in [1.807, 2.05) is 23.9 Å². The molecule has 0 aliphatic rings. The summed E-state index contributed by atoms with van der Waals surface area (Å²) < 4.78 is 16.2. The summed E-state index contributed by atoms with van der Waals surface area (Å²) in [6.07, 6.45) is 5.49. The van der Waals surface area contributed by atoms with Crippen molar-refractivity contribution in [2.45, 2.75) is 25.8 Å². The first kappa shape index (κ1) is 15.2. The first-order valence-corrected chi connectivity index (χ1v) is 7.55.